The zero-order chi connectivity index (χ0) is 11.7. The lowest BCUT2D eigenvalue weighted by Crippen LogP contribution is -1.97. The topological polar surface area (TPSA) is 77.8 Å². The largest absolute Gasteiger partial charge is 0.332 e. The molecule has 0 aromatic carbocycles. The van der Waals surface area contributed by atoms with E-state index >= 15 is 0 Å². The van der Waals surface area contributed by atoms with Gasteiger partial charge in [-0.2, -0.15) is 4.98 Å². The molecule has 3 rings (SSSR count). The molecule has 0 unspecified atom stereocenters. The van der Waals surface area contributed by atoms with E-state index in [2.05, 4.69) is 15.1 Å². The first kappa shape index (κ1) is 10.4. The molecule has 0 radical (unpaired) electrons. The maximum Gasteiger partial charge on any atom is 0.276 e. The van der Waals surface area contributed by atoms with Crippen LogP contribution in [0, 0.1) is 5.92 Å². The van der Waals surface area contributed by atoms with Crippen LogP contribution in [-0.2, 0) is 13.0 Å². The highest BCUT2D eigenvalue weighted by Gasteiger charge is 2.24. The first-order chi connectivity index (χ1) is 8.35. The van der Waals surface area contributed by atoms with Gasteiger partial charge in [0.15, 0.2) is 5.82 Å². The fraction of sp³-hybridized carbons (Fsp3) is 0.417. The van der Waals surface area contributed by atoms with Crippen LogP contribution in [0.5, 0.6) is 0 Å². The van der Waals surface area contributed by atoms with Crippen LogP contribution in [0.15, 0.2) is 22.9 Å². The molecule has 0 aliphatic heterocycles. The fourth-order valence-corrected chi connectivity index (χ4v) is 1.69. The Kier molecular flexibility index (Phi) is 2.60. The summed E-state index contributed by atoms with van der Waals surface area (Å²) < 4.78 is 5.20. The van der Waals surface area contributed by atoms with Gasteiger partial charge in [0.25, 0.3) is 5.89 Å². The predicted molar refractivity (Wildman–Crippen MR) is 61.8 cm³/mol. The summed E-state index contributed by atoms with van der Waals surface area (Å²) in [4.78, 5) is 8.60. The number of rotatable bonds is 4. The van der Waals surface area contributed by atoms with Crippen molar-refractivity contribution in [2.75, 3.05) is 0 Å². The summed E-state index contributed by atoms with van der Waals surface area (Å²) in [7, 11) is 0. The molecule has 5 heteroatoms. The molecule has 17 heavy (non-hydrogen) atoms. The van der Waals surface area contributed by atoms with Crippen LogP contribution < -0.4 is 5.73 Å². The molecule has 0 atom stereocenters. The Bertz CT molecular complexity index is 501. The minimum atomic E-state index is 0.490. The van der Waals surface area contributed by atoms with Crippen LogP contribution in [-0.4, -0.2) is 15.1 Å². The second-order valence-corrected chi connectivity index (χ2v) is 4.42. The Morgan fingerprint density at radius 3 is 2.88 bits per heavy atom. The van der Waals surface area contributed by atoms with Crippen molar-refractivity contribution in [2.45, 2.75) is 25.8 Å². The zero-order valence-electron chi connectivity index (χ0n) is 9.47. The summed E-state index contributed by atoms with van der Waals surface area (Å²) in [5.74, 6) is 2.03. The van der Waals surface area contributed by atoms with E-state index in [0.29, 0.717) is 18.1 Å². The SMILES string of the molecule is NCc1ccc(-c2nc(CC3CC3)no2)nc1. The van der Waals surface area contributed by atoms with Crippen molar-refractivity contribution in [1.82, 2.24) is 15.1 Å². The van der Waals surface area contributed by atoms with Crippen molar-refractivity contribution < 1.29 is 4.52 Å². The Balaban J connectivity index is 1.79. The van der Waals surface area contributed by atoms with Crippen LogP contribution in [0.3, 0.4) is 0 Å². The summed E-state index contributed by atoms with van der Waals surface area (Å²) >= 11 is 0. The molecule has 1 aliphatic rings. The number of nitrogens with two attached hydrogens (primary N) is 1. The molecule has 88 valence electrons. The van der Waals surface area contributed by atoms with Gasteiger partial charge in [0.2, 0.25) is 0 Å². The van der Waals surface area contributed by atoms with Gasteiger partial charge in [0.05, 0.1) is 0 Å². The van der Waals surface area contributed by atoms with Crippen molar-refractivity contribution in [1.29, 1.82) is 0 Å². The standard InChI is InChI=1S/C12H14N4O/c13-6-9-3-4-10(14-7-9)12-15-11(16-17-12)5-8-1-2-8/h3-4,7-8H,1-2,5-6,13H2. The Hall–Kier alpha value is -1.75. The predicted octanol–water partition coefficient (Wildman–Crippen LogP) is 1.54. The lowest BCUT2D eigenvalue weighted by Gasteiger charge is -1.96. The third kappa shape index (κ3) is 2.34. The average Bonchev–Trinajstić information content (AvgIpc) is 3.06. The summed E-state index contributed by atoms with van der Waals surface area (Å²) in [6.07, 6.45) is 5.23. The second-order valence-electron chi connectivity index (χ2n) is 4.42. The van der Waals surface area contributed by atoms with Crippen LogP contribution in [0.4, 0.5) is 0 Å². The molecule has 5 nitrogen and oxygen atoms in total. The van der Waals surface area contributed by atoms with Gasteiger partial charge in [-0.3, -0.25) is 4.98 Å². The highest BCUT2D eigenvalue weighted by atomic mass is 16.5. The summed E-state index contributed by atoms with van der Waals surface area (Å²) in [6.45, 7) is 0.490. The van der Waals surface area contributed by atoms with E-state index in [1.165, 1.54) is 12.8 Å². The van der Waals surface area contributed by atoms with E-state index < -0.39 is 0 Å². The van der Waals surface area contributed by atoms with E-state index in [0.717, 1.165) is 23.7 Å². The molecule has 1 saturated carbocycles. The van der Waals surface area contributed by atoms with E-state index in [9.17, 15) is 0 Å². The van der Waals surface area contributed by atoms with E-state index in [1.54, 1.807) is 6.20 Å². The van der Waals surface area contributed by atoms with Crippen molar-refractivity contribution in [3.63, 3.8) is 0 Å². The highest BCUT2D eigenvalue weighted by molar-refractivity contribution is 5.46. The van der Waals surface area contributed by atoms with Gasteiger partial charge < -0.3 is 10.3 Å². The van der Waals surface area contributed by atoms with Crippen molar-refractivity contribution in [2.24, 2.45) is 11.7 Å². The zero-order valence-corrected chi connectivity index (χ0v) is 9.47. The van der Waals surface area contributed by atoms with E-state index in [4.69, 9.17) is 10.3 Å². The lowest BCUT2D eigenvalue weighted by molar-refractivity contribution is 0.420. The van der Waals surface area contributed by atoms with Crippen molar-refractivity contribution in [3.05, 3.63) is 29.7 Å². The van der Waals surface area contributed by atoms with Crippen LogP contribution in [0.25, 0.3) is 11.6 Å². The van der Waals surface area contributed by atoms with Gasteiger partial charge >= 0.3 is 0 Å². The number of hydrogen-bond acceptors (Lipinski definition) is 5. The number of nitrogens with zero attached hydrogens (tertiary/aromatic N) is 3. The fourth-order valence-electron chi connectivity index (χ4n) is 1.69. The molecule has 2 aromatic heterocycles. The molecular formula is C12H14N4O. The summed E-state index contributed by atoms with van der Waals surface area (Å²) in [6, 6.07) is 3.78. The van der Waals surface area contributed by atoms with Crippen LogP contribution >= 0.6 is 0 Å². The van der Waals surface area contributed by atoms with Crippen LogP contribution in [0.1, 0.15) is 24.2 Å². The van der Waals surface area contributed by atoms with Gasteiger partial charge in [-0.05, 0) is 30.4 Å². The van der Waals surface area contributed by atoms with Gasteiger partial charge in [-0.25, -0.2) is 0 Å². The number of pyridine rings is 1. The smallest absolute Gasteiger partial charge is 0.276 e. The van der Waals surface area contributed by atoms with Gasteiger partial charge in [-0.15, -0.1) is 0 Å². The third-order valence-electron chi connectivity index (χ3n) is 2.92. The maximum atomic E-state index is 5.51. The average molecular weight is 230 g/mol. The molecule has 0 amide bonds. The van der Waals surface area contributed by atoms with E-state index in [1.807, 2.05) is 12.1 Å². The Labute approximate surface area is 99.1 Å². The minimum Gasteiger partial charge on any atom is -0.332 e. The minimum absolute atomic E-state index is 0.490. The molecule has 0 bridgehead atoms. The number of hydrogen-bond donors (Lipinski definition) is 1. The maximum absolute atomic E-state index is 5.51. The van der Waals surface area contributed by atoms with Crippen molar-refractivity contribution >= 4 is 0 Å². The molecule has 0 spiro atoms. The normalized spacial score (nSPS) is 15.1. The third-order valence-corrected chi connectivity index (χ3v) is 2.92. The Morgan fingerprint density at radius 1 is 1.35 bits per heavy atom. The van der Waals surface area contributed by atoms with Crippen LogP contribution in [0.2, 0.25) is 0 Å². The quantitative estimate of drug-likeness (QED) is 0.862. The first-order valence-electron chi connectivity index (χ1n) is 5.83. The van der Waals surface area contributed by atoms with Gasteiger partial charge in [-0.1, -0.05) is 11.2 Å². The lowest BCUT2D eigenvalue weighted by atomic mass is 10.2. The molecule has 1 fully saturated rings. The first-order valence-corrected chi connectivity index (χ1v) is 5.83. The monoisotopic (exact) mass is 230 g/mol. The summed E-state index contributed by atoms with van der Waals surface area (Å²) in [5.41, 5.74) is 7.21. The highest BCUT2D eigenvalue weighted by Crippen LogP contribution is 2.32. The molecule has 0 saturated heterocycles. The number of aromatic nitrogens is 3. The molecule has 2 N–H and O–H groups in total. The van der Waals surface area contributed by atoms with E-state index in [-0.39, 0.29) is 0 Å². The molecule has 1 aliphatic carbocycles. The summed E-state index contributed by atoms with van der Waals surface area (Å²) in [5, 5.41) is 3.96. The molecule has 2 heterocycles. The van der Waals surface area contributed by atoms with Crippen molar-refractivity contribution in [3.8, 4) is 11.6 Å². The Morgan fingerprint density at radius 2 is 2.24 bits per heavy atom. The molecule has 2 aromatic rings. The second kappa shape index (κ2) is 4.25. The van der Waals surface area contributed by atoms with Gasteiger partial charge in [0, 0.05) is 19.2 Å². The molecular weight excluding hydrogens is 216 g/mol. The van der Waals surface area contributed by atoms with Gasteiger partial charge in [0.1, 0.15) is 5.69 Å².